The number of hydrogen-bond donors (Lipinski definition) is 0. The predicted octanol–water partition coefficient (Wildman–Crippen LogP) is 1.13. The molecule has 0 fully saturated rings. The molecule has 0 amide bonds. The number of carbonyl (C=O) groups is 1. The van der Waals surface area contributed by atoms with E-state index in [1.165, 1.54) is 7.11 Å². The van der Waals surface area contributed by atoms with E-state index in [0.29, 0.717) is 10.2 Å². The smallest absolute Gasteiger partial charge is 0.354 e. The third-order valence-electron chi connectivity index (χ3n) is 2.66. The highest BCUT2D eigenvalue weighted by atomic mass is 79.9. The monoisotopic (exact) mass is 313 g/mol. The van der Waals surface area contributed by atoms with E-state index >= 15 is 0 Å². The molecule has 96 valence electrons. The summed E-state index contributed by atoms with van der Waals surface area (Å²) in [6, 6.07) is 3.89. The third kappa shape index (κ3) is 2.26. The summed E-state index contributed by atoms with van der Waals surface area (Å²) in [5, 5.41) is 0. The van der Waals surface area contributed by atoms with Crippen LogP contribution in [0.2, 0.25) is 0 Å². The Morgan fingerprint density at radius 3 is 2.50 bits per heavy atom. The number of nitrogens with zero attached hydrogens (tertiary/aromatic N) is 2. The lowest BCUT2D eigenvalue weighted by atomic mass is 10.3. The Balaban J connectivity index is 2.38. The molecule has 2 rings (SSSR count). The van der Waals surface area contributed by atoms with Gasteiger partial charge >= 0.3 is 5.97 Å². The van der Waals surface area contributed by atoms with Crippen molar-refractivity contribution in [3.8, 4) is 0 Å². The number of methoxy groups -OCH3 is 1. The molecule has 2 heterocycles. The number of aromatic nitrogens is 1. The molecule has 1 aliphatic heterocycles. The van der Waals surface area contributed by atoms with Gasteiger partial charge in [-0.15, -0.1) is 0 Å². The van der Waals surface area contributed by atoms with Crippen LogP contribution in [-0.2, 0) is 14.3 Å². The van der Waals surface area contributed by atoms with E-state index in [1.807, 2.05) is 43.5 Å². The standard InChI is InChI=1S/C12H14BrN2O3/c1-14(2)8-4-6-15(7-5-8)10-9(13)11(16)18-12(10)17-3/h4-7,12H,1-3H3/q+1/t12-/m0/s1. The minimum atomic E-state index is -0.679. The van der Waals surface area contributed by atoms with Gasteiger partial charge in [-0.1, -0.05) is 0 Å². The maximum Gasteiger partial charge on any atom is 0.354 e. The zero-order valence-corrected chi connectivity index (χ0v) is 12.0. The van der Waals surface area contributed by atoms with Crippen molar-refractivity contribution in [2.75, 3.05) is 26.1 Å². The van der Waals surface area contributed by atoms with Crippen molar-refractivity contribution in [2.24, 2.45) is 0 Å². The van der Waals surface area contributed by atoms with E-state index in [9.17, 15) is 4.79 Å². The molecular weight excluding hydrogens is 300 g/mol. The number of pyridine rings is 1. The molecule has 0 saturated carbocycles. The van der Waals surface area contributed by atoms with Crippen molar-refractivity contribution in [2.45, 2.75) is 6.29 Å². The van der Waals surface area contributed by atoms with Crippen molar-refractivity contribution < 1.29 is 18.8 Å². The highest BCUT2D eigenvalue weighted by Crippen LogP contribution is 2.27. The molecule has 0 aliphatic carbocycles. The Kier molecular flexibility index (Phi) is 3.68. The van der Waals surface area contributed by atoms with Gasteiger partial charge in [-0.05, 0) is 15.9 Å². The summed E-state index contributed by atoms with van der Waals surface area (Å²) < 4.78 is 12.4. The Labute approximate surface area is 114 Å². The van der Waals surface area contributed by atoms with Gasteiger partial charge in [0, 0.05) is 39.0 Å². The molecule has 5 nitrogen and oxygen atoms in total. The van der Waals surface area contributed by atoms with Crippen molar-refractivity contribution >= 4 is 33.3 Å². The molecule has 0 saturated heterocycles. The minimum absolute atomic E-state index is 0.386. The van der Waals surface area contributed by atoms with E-state index in [4.69, 9.17) is 9.47 Å². The number of anilines is 1. The highest BCUT2D eigenvalue weighted by molar-refractivity contribution is 9.12. The Hall–Kier alpha value is -1.40. The van der Waals surface area contributed by atoms with Gasteiger partial charge in [-0.3, -0.25) is 0 Å². The highest BCUT2D eigenvalue weighted by Gasteiger charge is 2.40. The molecule has 0 radical (unpaired) electrons. The molecule has 0 aromatic carbocycles. The molecular formula is C12H14BrN2O3+. The van der Waals surface area contributed by atoms with Gasteiger partial charge in [-0.2, -0.15) is 4.57 Å². The Morgan fingerprint density at radius 1 is 1.39 bits per heavy atom. The first-order valence-corrected chi connectivity index (χ1v) is 6.16. The zero-order valence-electron chi connectivity index (χ0n) is 10.4. The molecule has 1 aromatic heterocycles. The first-order valence-electron chi connectivity index (χ1n) is 5.37. The number of halogens is 1. The quantitative estimate of drug-likeness (QED) is 0.620. The van der Waals surface area contributed by atoms with Crippen molar-refractivity contribution in [3.63, 3.8) is 0 Å². The molecule has 1 aliphatic rings. The van der Waals surface area contributed by atoms with Crippen LogP contribution in [0.5, 0.6) is 0 Å². The first-order chi connectivity index (χ1) is 8.54. The number of ether oxygens (including phenoxy) is 2. The lowest BCUT2D eigenvalue weighted by Gasteiger charge is -2.11. The van der Waals surface area contributed by atoms with Crippen LogP contribution < -0.4 is 9.47 Å². The summed E-state index contributed by atoms with van der Waals surface area (Å²) in [6.07, 6.45) is 3.04. The van der Waals surface area contributed by atoms with Crippen LogP contribution in [0.3, 0.4) is 0 Å². The van der Waals surface area contributed by atoms with Crippen molar-refractivity contribution in [1.82, 2.24) is 0 Å². The number of cyclic esters (lactones) is 1. The maximum atomic E-state index is 11.5. The van der Waals surface area contributed by atoms with Gasteiger partial charge in [0.2, 0.25) is 0 Å². The molecule has 1 aromatic rings. The zero-order chi connectivity index (χ0) is 13.3. The number of carbonyl (C=O) groups excluding carboxylic acids is 1. The van der Waals surface area contributed by atoms with Gasteiger partial charge in [0.05, 0.1) is 0 Å². The molecule has 6 heteroatoms. The lowest BCUT2D eigenvalue weighted by molar-refractivity contribution is -0.589. The van der Waals surface area contributed by atoms with E-state index in [1.54, 1.807) is 4.57 Å². The van der Waals surface area contributed by atoms with E-state index in [0.717, 1.165) is 5.69 Å². The average molecular weight is 314 g/mol. The number of rotatable bonds is 3. The van der Waals surface area contributed by atoms with Gasteiger partial charge in [-0.25, -0.2) is 4.79 Å². The van der Waals surface area contributed by atoms with Crippen LogP contribution in [0.1, 0.15) is 0 Å². The summed E-state index contributed by atoms with van der Waals surface area (Å²) in [5.41, 5.74) is 1.72. The summed E-state index contributed by atoms with van der Waals surface area (Å²) in [7, 11) is 5.43. The number of esters is 1. The van der Waals surface area contributed by atoms with E-state index in [-0.39, 0.29) is 0 Å². The lowest BCUT2D eigenvalue weighted by Crippen LogP contribution is -2.37. The van der Waals surface area contributed by atoms with E-state index in [2.05, 4.69) is 15.9 Å². The van der Waals surface area contributed by atoms with Crippen LogP contribution in [0.4, 0.5) is 5.69 Å². The van der Waals surface area contributed by atoms with Crippen LogP contribution in [-0.4, -0.2) is 33.5 Å². The van der Waals surface area contributed by atoms with Crippen molar-refractivity contribution in [3.05, 3.63) is 29.0 Å². The molecule has 0 N–H and O–H groups in total. The molecule has 18 heavy (non-hydrogen) atoms. The van der Waals surface area contributed by atoms with Crippen LogP contribution in [0.25, 0.3) is 5.70 Å². The van der Waals surface area contributed by atoms with Crippen LogP contribution in [0.15, 0.2) is 29.0 Å². The van der Waals surface area contributed by atoms with Crippen molar-refractivity contribution in [1.29, 1.82) is 0 Å². The van der Waals surface area contributed by atoms with Crippen LogP contribution >= 0.6 is 15.9 Å². The first kappa shape index (κ1) is 13.0. The molecule has 1 atom stereocenters. The van der Waals surface area contributed by atoms with Gasteiger partial charge < -0.3 is 14.4 Å². The van der Waals surface area contributed by atoms with E-state index < -0.39 is 12.3 Å². The second kappa shape index (κ2) is 5.07. The van der Waals surface area contributed by atoms with Gasteiger partial charge in [0.25, 0.3) is 12.0 Å². The summed E-state index contributed by atoms with van der Waals surface area (Å²) in [6.45, 7) is 0. The normalized spacial score (nSPS) is 19.1. The molecule has 0 bridgehead atoms. The largest absolute Gasteiger partial charge is 0.420 e. The fraction of sp³-hybridized carbons (Fsp3) is 0.333. The third-order valence-corrected chi connectivity index (χ3v) is 3.39. The maximum absolute atomic E-state index is 11.5. The second-order valence-electron chi connectivity index (χ2n) is 4.03. The predicted molar refractivity (Wildman–Crippen MR) is 70.0 cm³/mol. The Bertz CT molecular complexity index is 497. The summed E-state index contributed by atoms with van der Waals surface area (Å²) in [4.78, 5) is 13.5. The van der Waals surface area contributed by atoms with Crippen LogP contribution in [0, 0.1) is 0 Å². The minimum Gasteiger partial charge on any atom is -0.420 e. The topological polar surface area (TPSA) is 42.7 Å². The molecule has 0 unspecified atom stereocenters. The number of hydrogen-bond acceptors (Lipinski definition) is 4. The Morgan fingerprint density at radius 2 is 2.00 bits per heavy atom. The second-order valence-corrected chi connectivity index (χ2v) is 4.82. The molecule has 0 spiro atoms. The SMILES string of the molecule is CO[C@H]1OC(=O)C(Br)=C1[n+]1ccc(N(C)C)cc1. The fourth-order valence-corrected chi connectivity index (χ4v) is 2.17. The van der Waals surface area contributed by atoms with Gasteiger partial charge in [0.1, 0.15) is 0 Å². The summed E-state index contributed by atoms with van der Waals surface area (Å²) >= 11 is 3.23. The fourth-order valence-electron chi connectivity index (χ4n) is 1.68. The average Bonchev–Trinajstić information content (AvgIpc) is 2.65. The summed E-state index contributed by atoms with van der Waals surface area (Å²) in [5.74, 6) is -0.416. The van der Waals surface area contributed by atoms with Gasteiger partial charge in [0.15, 0.2) is 16.9 Å².